The van der Waals surface area contributed by atoms with Crippen LogP contribution in [-0.2, 0) is 19.2 Å². The quantitative estimate of drug-likeness (QED) is 0.177. The number of carbonyl (C=O) groups excluding carboxylic acids is 2. The smallest absolute Gasteiger partial charge is 0.481 e. The van der Waals surface area contributed by atoms with Gasteiger partial charge in [0, 0.05) is 20.0 Å². The molecule has 212 valence electrons. The molecule has 0 bridgehead atoms. The second kappa shape index (κ2) is 16.6. The van der Waals surface area contributed by atoms with E-state index in [1.54, 1.807) is 19.2 Å². The van der Waals surface area contributed by atoms with Gasteiger partial charge in [-0.2, -0.15) is 13.2 Å². The third kappa shape index (κ3) is 13.8. The van der Waals surface area contributed by atoms with Crippen molar-refractivity contribution in [2.45, 2.75) is 31.5 Å². The zero-order valence-electron chi connectivity index (χ0n) is 20.9. The fourth-order valence-corrected chi connectivity index (χ4v) is 3.12. The predicted octanol–water partition coefficient (Wildman–Crippen LogP) is 2.61. The molecule has 2 rings (SSSR count). The summed E-state index contributed by atoms with van der Waals surface area (Å²) in [7, 11) is 1.70. The standard InChI is InChI=1S/C23H28N4O4S.C2HF3O2/c1-24-23(32)25-13-5-8-20(28)26-15-21(29)27-19(14-22(30)31)18-11-9-17(10-12-18)16-6-3-2-4-7-16;3-2(4,5)1(6)7/h2-4,6-7,9-12,19H,5,8,13-15H2,1H3,(H,26,28)(H,27,29)(H,30,31)(H2,24,25,32);(H,6,7). The fraction of sp³-hybridized carbons (Fsp3) is 0.320. The number of carboxylic acids is 2. The second-order valence-electron chi connectivity index (χ2n) is 7.90. The first-order valence-electron chi connectivity index (χ1n) is 11.5. The molecule has 2 amide bonds. The van der Waals surface area contributed by atoms with Crippen LogP contribution in [-0.4, -0.2) is 65.4 Å². The van der Waals surface area contributed by atoms with Crippen LogP contribution in [0.3, 0.4) is 0 Å². The number of aliphatic carboxylic acids is 2. The molecule has 0 spiro atoms. The van der Waals surface area contributed by atoms with Crippen LogP contribution in [0, 0.1) is 0 Å². The van der Waals surface area contributed by atoms with E-state index in [1.165, 1.54) is 0 Å². The molecule has 2 aromatic carbocycles. The number of carboxylic acid groups (broad SMARTS) is 2. The number of hydrogen-bond donors (Lipinski definition) is 6. The molecule has 1 unspecified atom stereocenters. The highest BCUT2D eigenvalue weighted by molar-refractivity contribution is 7.80. The van der Waals surface area contributed by atoms with Gasteiger partial charge >= 0.3 is 18.1 Å². The van der Waals surface area contributed by atoms with E-state index in [0.29, 0.717) is 23.6 Å². The average molecular weight is 571 g/mol. The Morgan fingerprint density at radius 1 is 0.897 bits per heavy atom. The van der Waals surface area contributed by atoms with Crippen molar-refractivity contribution in [2.24, 2.45) is 0 Å². The summed E-state index contributed by atoms with van der Waals surface area (Å²) in [5, 5.41) is 27.8. The van der Waals surface area contributed by atoms with Crippen LogP contribution in [0.1, 0.15) is 30.9 Å². The number of carbonyl (C=O) groups is 4. The van der Waals surface area contributed by atoms with Gasteiger partial charge < -0.3 is 31.5 Å². The molecule has 0 radical (unpaired) electrons. The maximum atomic E-state index is 12.3. The van der Waals surface area contributed by atoms with Crippen LogP contribution >= 0.6 is 12.2 Å². The maximum absolute atomic E-state index is 12.3. The van der Waals surface area contributed by atoms with E-state index < -0.39 is 30.1 Å². The number of thiocarbonyl (C=S) groups is 1. The summed E-state index contributed by atoms with van der Waals surface area (Å²) in [6.07, 6.45) is -4.54. The number of halogens is 3. The summed E-state index contributed by atoms with van der Waals surface area (Å²) in [6, 6.07) is 16.5. The molecule has 0 saturated carbocycles. The monoisotopic (exact) mass is 570 g/mol. The Labute approximate surface area is 228 Å². The number of alkyl halides is 3. The van der Waals surface area contributed by atoms with Gasteiger partial charge in [0.25, 0.3) is 0 Å². The number of rotatable bonds is 11. The van der Waals surface area contributed by atoms with Gasteiger partial charge in [-0.3, -0.25) is 14.4 Å². The summed E-state index contributed by atoms with van der Waals surface area (Å²) < 4.78 is 31.7. The molecule has 0 aromatic heterocycles. The molecule has 0 fully saturated rings. The lowest BCUT2D eigenvalue weighted by Crippen LogP contribution is -2.39. The first kappa shape index (κ1) is 32.8. The Kier molecular flexibility index (Phi) is 14.0. The van der Waals surface area contributed by atoms with Gasteiger partial charge in [0.05, 0.1) is 19.0 Å². The van der Waals surface area contributed by atoms with E-state index in [9.17, 15) is 32.7 Å². The van der Waals surface area contributed by atoms with E-state index in [0.717, 1.165) is 11.1 Å². The van der Waals surface area contributed by atoms with Crippen molar-refractivity contribution in [1.82, 2.24) is 21.3 Å². The van der Waals surface area contributed by atoms with Gasteiger partial charge in [-0.25, -0.2) is 4.79 Å². The van der Waals surface area contributed by atoms with Crippen LogP contribution in [0.4, 0.5) is 13.2 Å². The Bertz CT molecular complexity index is 1120. The minimum absolute atomic E-state index is 0.223. The Morgan fingerprint density at radius 3 is 1.97 bits per heavy atom. The first-order chi connectivity index (χ1) is 18.3. The highest BCUT2D eigenvalue weighted by Crippen LogP contribution is 2.23. The molecule has 1 atom stereocenters. The van der Waals surface area contributed by atoms with E-state index >= 15 is 0 Å². The van der Waals surface area contributed by atoms with Crippen LogP contribution < -0.4 is 21.3 Å². The summed E-state index contributed by atoms with van der Waals surface area (Å²) in [4.78, 5) is 44.4. The van der Waals surface area contributed by atoms with Gasteiger partial charge in [0.2, 0.25) is 11.8 Å². The van der Waals surface area contributed by atoms with Crippen LogP contribution in [0.15, 0.2) is 54.6 Å². The van der Waals surface area contributed by atoms with E-state index in [4.69, 9.17) is 22.1 Å². The van der Waals surface area contributed by atoms with E-state index in [-0.39, 0.29) is 25.3 Å². The number of nitrogens with one attached hydrogen (secondary N) is 4. The van der Waals surface area contributed by atoms with E-state index in [1.807, 2.05) is 42.5 Å². The van der Waals surface area contributed by atoms with Crippen LogP contribution in [0.25, 0.3) is 11.1 Å². The van der Waals surface area contributed by atoms with Gasteiger partial charge in [-0.1, -0.05) is 54.6 Å². The minimum atomic E-state index is -5.08. The topological polar surface area (TPSA) is 157 Å². The van der Waals surface area contributed by atoms with Crippen molar-refractivity contribution in [2.75, 3.05) is 20.1 Å². The molecule has 0 aliphatic heterocycles. The molecule has 39 heavy (non-hydrogen) atoms. The number of amides is 2. The molecule has 6 N–H and O–H groups in total. The third-order valence-electron chi connectivity index (χ3n) is 4.92. The largest absolute Gasteiger partial charge is 0.490 e. The highest BCUT2D eigenvalue weighted by Gasteiger charge is 2.38. The SMILES string of the molecule is CNC(=S)NCCCC(=O)NCC(=O)NC(CC(=O)O)c1ccc(-c2ccccc2)cc1.O=C(O)C(F)(F)F. The van der Waals surface area contributed by atoms with Crippen molar-refractivity contribution in [3.63, 3.8) is 0 Å². The zero-order chi connectivity index (χ0) is 29.4. The van der Waals surface area contributed by atoms with Gasteiger partial charge in [0.1, 0.15) is 0 Å². The molecular formula is C25H29F3N4O6S. The molecule has 10 nitrogen and oxygen atoms in total. The normalized spacial score (nSPS) is 11.2. The van der Waals surface area contributed by atoms with E-state index in [2.05, 4.69) is 21.3 Å². The van der Waals surface area contributed by atoms with Gasteiger partial charge in [-0.05, 0) is 35.3 Å². The minimum Gasteiger partial charge on any atom is -0.481 e. The summed E-state index contributed by atoms with van der Waals surface area (Å²) in [5.41, 5.74) is 2.72. The van der Waals surface area contributed by atoms with Crippen molar-refractivity contribution in [3.05, 3.63) is 60.2 Å². The maximum Gasteiger partial charge on any atom is 0.490 e. The fourth-order valence-electron chi connectivity index (χ4n) is 3.02. The molecular weight excluding hydrogens is 541 g/mol. The zero-order valence-corrected chi connectivity index (χ0v) is 21.7. The summed E-state index contributed by atoms with van der Waals surface area (Å²) in [6.45, 7) is 0.318. The molecule has 0 aliphatic carbocycles. The van der Waals surface area contributed by atoms with Gasteiger partial charge in [0.15, 0.2) is 5.11 Å². The first-order valence-corrected chi connectivity index (χ1v) is 11.9. The lowest BCUT2D eigenvalue weighted by atomic mass is 9.99. The lowest BCUT2D eigenvalue weighted by molar-refractivity contribution is -0.192. The predicted molar refractivity (Wildman–Crippen MR) is 141 cm³/mol. The molecule has 14 heteroatoms. The second-order valence-corrected chi connectivity index (χ2v) is 8.30. The molecule has 2 aromatic rings. The Balaban J connectivity index is 0.000000956. The summed E-state index contributed by atoms with van der Waals surface area (Å²) >= 11 is 4.94. The molecule has 0 aliphatic rings. The Hall–Kier alpha value is -4.20. The third-order valence-corrected chi connectivity index (χ3v) is 5.26. The van der Waals surface area contributed by atoms with Crippen molar-refractivity contribution < 1.29 is 42.6 Å². The number of hydrogen-bond acceptors (Lipinski definition) is 5. The lowest BCUT2D eigenvalue weighted by Gasteiger charge is -2.18. The highest BCUT2D eigenvalue weighted by atomic mass is 32.1. The van der Waals surface area contributed by atoms with Crippen molar-refractivity contribution >= 4 is 41.1 Å². The van der Waals surface area contributed by atoms with Crippen molar-refractivity contribution in [1.29, 1.82) is 0 Å². The Morgan fingerprint density at radius 2 is 1.46 bits per heavy atom. The van der Waals surface area contributed by atoms with Gasteiger partial charge in [-0.15, -0.1) is 0 Å². The van der Waals surface area contributed by atoms with Crippen LogP contribution in [0.5, 0.6) is 0 Å². The van der Waals surface area contributed by atoms with Crippen LogP contribution in [0.2, 0.25) is 0 Å². The summed E-state index contributed by atoms with van der Waals surface area (Å²) in [5.74, 6) is -4.50. The molecule has 0 saturated heterocycles. The average Bonchev–Trinajstić information content (AvgIpc) is 2.89. The van der Waals surface area contributed by atoms with Crippen molar-refractivity contribution in [3.8, 4) is 11.1 Å². The number of benzene rings is 2. The molecule has 0 heterocycles.